The number of hydrogen-bond acceptors (Lipinski definition) is 5. The summed E-state index contributed by atoms with van der Waals surface area (Å²) in [6, 6.07) is 23.1. The molecule has 3 amide bonds. The summed E-state index contributed by atoms with van der Waals surface area (Å²) in [5.74, 6) is -0.366. The third-order valence-electron chi connectivity index (χ3n) is 9.52. The topological polar surface area (TPSA) is 102 Å². The van der Waals surface area contributed by atoms with Gasteiger partial charge in [-0.25, -0.2) is 0 Å². The number of piperidine rings is 1. The SMILES string of the molecule is CNC(=O)/C=C/CC1(N[C@H](Cc2ccc3ccccc3c2)C(=O)N(C)[C@H](Cc2ccccc2)C(=O)N2CCC(O)CC2)CCC1. The number of carbonyl (C=O) groups is 3. The number of carbonyl (C=O) groups excluding carboxylic acids is 3. The largest absolute Gasteiger partial charge is 0.393 e. The maximum absolute atomic E-state index is 14.6. The lowest BCUT2D eigenvalue weighted by Crippen LogP contribution is -2.62. The minimum atomic E-state index is -0.679. The molecule has 1 aliphatic heterocycles. The Balaban J connectivity index is 1.44. The molecule has 8 heteroatoms. The summed E-state index contributed by atoms with van der Waals surface area (Å²) in [7, 11) is 3.36. The van der Waals surface area contributed by atoms with E-state index in [2.05, 4.69) is 41.0 Å². The van der Waals surface area contributed by atoms with Gasteiger partial charge in [-0.3, -0.25) is 19.7 Å². The molecule has 3 aromatic carbocycles. The Kier molecular flexibility index (Phi) is 10.7. The molecule has 0 unspecified atom stereocenters. The summed E-state index contributed by atoms with van der Waals surface area (Å²) in [6.45, 7) is 0.958. The molecule has 0 bridgehead atoms. The number of nitrogens with one attached hydrogen (secondary N) is 2. The number of likely N-dealkylation sites (N-methyl/N-ethyl adjacent to an activating group) is 2. The Morgan fingerprint density at radius 1 is 0.956 bits per heavy atom. The Morgan fingerprint density at radius 2 is 1.64 bits per heavy atom. The summed E-state index contributed by atoms with van der Waals surface area (Å²) in [4.78, 5) is 44.0. The fourth-order valence-corrected chi connectivity index (χ4v) is 6.58. The van der Waals surface area contributed by atoms with Crippen molar-refractivity contribution in [3.8, 4) is 0 Å². The molecule has 2 aliphatic rings. The minimum Gasteiger partial charge on any atom is -0.393 e. The number of fused-ring (bicyclic) bond motifs is 1. The Bertz CT molecular complexity index is 1490. The molecular weight excluding hydrogens is 564 g/mol. The molecule has 0 spiro atoms. The van der Waals surface area contributed by atoms with Crippen LogP contribution in [0, 0.1) is 0 Å². The van der Waals surface area contributed by atoms with Crippen LogP contribution < -0.4 is 10.6 Å². The number of benzene rings is 3. The minimum absolute atomic E-state index is 0.0853. The number of aliphatic hydroxyl groups excluding tert-OH is 1. The van der Waals surface area contributed by atoms with Crippen LogP contribution in [0.3, 0.4) is 0 Å². The average Bonchev–Trinajstić information content (AvgIpc) is 3.05. The molecule has 2 fully saturated rings. The first-order valence-corrected chi connectivity index (χ1v) is 16.2. The maximum atomic E-state index is 14.6. The van der Waals surface area contributed by atoms with Gasteiger partial charge in [-0.2, -0.15) is 0 Å². The van der Waals surface area contributed by atoms with Crippen LogP contribution in [-0.4, -0.2) is 83.5 Å². The normalized spacial score (nSPS) is 17.9. The number of rotatable bonds is 12. The molecule has 238 valence electrons. The highest BCUT2D eigenvalue weighted by Crippen LogP contribution is 2.36. The van der Waals surface area contributed by atoms with E-state index >= 15 is 0 Å². The fraction of sp³-hybridized carbons (Fsp3) is 0.432. The van der Waals surface area contributed by atoms with Crippen molar-refractivity contribution in [2.75, 3.05) is 27.2 Å². The third kappa shape index (κ3) is 8.18. The third-order valence-corrected chi connectivity index (χ3v) is 9.52. The summed E-state index contributed by atoms with van der Waals surface area (Å²) >= 11 is 0. The highest BCUT2D eigenvalue weighted by atomic mass is 16.3. The number of aliphatic hydroxyl groups is 1. The lowest BCUT2D eigenvalue weighted by Gasteiger charge is -2.45. The van der Waals surface area contributed by atoms with Gasteiger partial charge in [-0.1, -0.05) is 78.9 Å². The second-order valence-corrected chi connectivity index (χ2v) is 12.6. The van der Waals surface area contributed by atoms with Crippen LogP contribution in [-0.2, 0) is 27.2 Å². The predicted molar refractivity (Wildman–Crippen MR) is 178 cm³/mol. The highest BCUT2D eigenvalue weighted by Gasteiger charge is 2.41. The summed E-state index contributed by atoms with van der Waals surface area (Å²) < 4.78 is 0. The van der Waals surface area contributed by atoms with Crippen LogP contribution in [0.4, 0.5) is 0 Å². The van der Waals surface area contributed by atoms with E-state index < -0.39 is 18.2 Å². The van der Waals surface area contributed by atoms with Gasteiger partial charge in [0.15, 0.2) is 0 Å². The molecule has 1 aliphatic carbocycles. The van der Waals surface area contributed by atoms with E-state index in [-0.39, 0.29) is 23.3 Å². The van der Waals surface area contributed by atoms with Crippen molar-refractivity contribution in [2.45, 2.75) is 75.1 Å². The van der Waals surface area contributed by atoms with Crippen molar-refractivity contribution < 1.29 is 19.5 Å². The molecule has 5 rings (SSSR count). The standard InChI is InChI=1S/C37H46N4O4/c1-38-34(43)14-8-19-37(20-9-21-37)39-32(25-28-15-16-29-12-6-7-13-30(29)24-28)35(44)40(2)33(26-27-10-4-3-5-11-27)36(45)41-22-17-31(42)18-23-41/h3-8,10-16,24,31-33,39,42H,9,17-23,25-26H2,1-2H3,(H,38,43)/b14-8+/t32-,33-/m1/s1. The van der Waals surface area contributed by atoms with E-state index in [0.717, 1.165) is 41.2 Å². The molecule has 2 atom stereocenters. The average molecular weight is 611 g/mol. The second kappa shape index (κ2) is 14.8. The quantitative estimate of drug-likeness (QED) is 0.269. The van der Waals surface area contributed by atoms with Crippen molar-refractivity contribution in [1.29, 1.82) is 0 Å². The van der Waals surface area contributed by atoms with Gasteiger partial charge in [0.25, 0.3) is 0 Å². The van der Waals surface area contributed by atoms with Crippen LogP contribution in [0.1, 0.15) is 49.7 Å². The van der Waals surface area contributed by atoms with Gasteiger partial charge in [0.05, 0.1) is 12.1 Å². The van der Waals surface area contributed by atoms with Crippen molar-refractivity contribution >= 4 is 28.5 Å². The molecule has 1 saturated carbocycles. The van der Waals surface area contributed by atoms with Crippen LogP contribution in [0.2, 0.25) is 0 Å². The van der Waals surface area contributed by atoms with E-state index in [4.69, 9.17) is 0 Å². The zero-order valence-electron chi connectivity index (χ0n) is 26.5. The summed E-state index contributed by atoms with van der Waals surface area (Å²) in [5.41, 5.74) is 1.73. The Morgan fingerprint density at radius 3 is 2.31 bits per heavy atom. The predicted octanol–water partition coefficient (Wildman–Crippen LogP) is 4.01. The summed E-state index contributed by atoms with van der Waals surface area (Å²) in [5, 5.41) is 18.7. The van der Waals surface area contributed by atoms with Crippen LogP contribution in [0.25, 0.3) is 10.8 Å². The van der Waals surface area contributed by atoms with Gasteiger partial charge in [0.2, 0.25) is 17.7 Å². The zero-order chi connectivity index (χ0) is 31.8. The van der Waals surface area contributed by atoms with Gasteiger partial charge in [0, 0.05) is 39.1 Å². The molecule has 0 radical (unpaired) electrons. The Hall–Kier alpha value is -4.01. The number of likely N-dealkylation sites (tertiary alicyclic amines) is 1. The molecule has 3 N–H and O–H groups in total. The van der Waals surface area contributed by atoms with Crippen LogP contribution in [0.5, 0.6) is 0 Å². The highest BCUT2D eigenvalue weighted by molar-refractivity contribution is 5.91. The van der Waals surface area contributed by atoms with Gasteiger partial charge in [-0.15, -0.1) is 0 Å². The van der Waals surface area contributed by atoms with Crippen LogP contribution in [0.15, 0.2) is 84.9 Å². The van der Waals surface area contributed by atoms with Gasteiger partial charge in [-0.05, 0) is 72.9 Å². The van der Waals surface area contributed by atoms with E-state index in [1.807, 2.05) is 48.5 Å². The zero-order valence-corrected chi connectivity index (χ0v) is 26.5. The fourth-order valence-electron chi connectivity index (χ4n) is 6.58. The monoisotopic (exact) mass is 610 g/mol. The first-order chi connectivity index (χ1) is 21.8. The van der Waals surface area contributed by atoms with E-state index in [0.29, 0.717) is 45.2 Å². The lowest BCUT2D eigenvalue weighted by molar-refractivity contribution is -0.147. The Labute approximate surface area is 266 Å². The molecular formula is C37H46N4O4. The number of amides is 3. The molecule has 0 aromatic heterocycles. The number of nitrogens with zero attached hydrogens (tertiary/aromatic N) is 2. The van der Waals surface area contributed by atoms with Gasteiger partial charge >= 0.3 is 0 Å². The maximum Gasteiger partial charge on any atom is 0.245 e. The first kappa shape index (κ1) is 32.4. The number of hydrogen-bond donors (Lipinski definition) is 3. The smallest absolute Gasteiger partial charge is 0.245 e. The molecule has 45 heavy (non-hydrogen) atoms. The van der Waals surface area contributed by atoms with Crippen LogP contribution >= 0.6 is 0 Å². The van der Waals surface area contributed by atoms with Crippen molar-refractivity contribution in [2.24, 2.45) is 0 Å². The second-order valence-electron chi connectivity index (χ2n) is 12.6. The van der Waals surface area contributed by atoms with Crippen molar-refractivity contribution in [1.82, 2.24) is 20.4 Å². The lowest BCUT2D eigenvalue weighted by atomic mass is 9.73. The van der Waals surface area contributed by atoms with Gasteiger partial charge < -0.3 is 20.2 Å². The van der Waals surface area contributed by atoms with E-state index in [9.17, 15) is 19.5 Å². The van der Waals surface area contributed by atoms with Crippen molar-refractivity contribution in [3.05, 3.63) is 96.1 Å². The van der Waals surface area contributed by atoms with Gasteiger partial charge in [0.1, 0.15) is 6.04 Å². The van der Waals surface area contributed by atoms with E-state index in [1.165, 1.54) is 0 Å². The molecule has 1 heterocycles. The first-order valence-electron chi connectivity index (χ1n) is 16.2. The van der Waals surface area contributed by atoms with E-state index in [1.54, 1.807) is 30.0 Å². The van der Waals surface area contributed by atoms with Crippen molar-refractivity contribution in [3.63, 3.8) is 0 Å². The molecule has 8 nitrogen and oxygen atoms in total. The molecule has 3 aromatic rings. The molecule has 1 saturated heterocycles. The summed E-state index contributed by atoms with van der Waals surface area (Å²) in [6.07, 6.45) is 8.49.